The van der Waals surface area contributed by atoms with Gasteiger partial charge in [-0.25, -0.2) is 10.3 Å². The van der Waals surface area contributed by atoms with Gasteiger partial charge in [-0.15, -0.1) is 0 Å². The molecule has 212 valence electrons. The molecule has 7 rings (SSSR count). The normalized spacial score (nSPS) is 32.8. The van der Waals surface area contributed by atoms with Gasteiger partial charge in [0.15, 0.2) is 12.0 Å². The van der Waals surface area contributed by atoms with Crippen LogP contribution in [-0.2, 0) is 15.0 Å². The van der Waals surface area contributed by atoms with E-state index in [0.717, 1.165) is 36.1 Å². The van der Waals surface area contributed by atoms with Crippen LogP contribution < -0.4 is 31.8 Å². The zero-order valence-corrected chi connectivity index (χ0v) is 21.9. The number of rotatable bonds is 4. The predicted molar refractivity (Wildman–Crippen MR) is 138 cm³/mol. The number of nitrogens with two attached hydrogens (primary N) is 2. The third-order valence-electron chi connectivity index (χ3n) is 9.68. The Morgan fingerprint density at radius 2 is 1.95 bits per heavy atom. The van der Waals surface area contributed by atoms with Crippen molar-refractivity contribution in [2.45, 2.75) is 73.5 Å². The van der Waals surface area contributed by atoms with Crippen molar-refractivity contribution in [2.75, 3.05) is 19.7 Å². The number of carbonyl (C=O) groups excluding carboxylic acids is 3. The summed E-state index contributed by atoms with van der Waals surface area (Å²) in [5.74, 6) is -3.23. The number of aliphatic imine (C=N–C) groups is 1. The van der Waals surface area contributed by atoms with Crippen LogP contribution >= 0.6 is 0 Å². The Morgan fingerprint density at radius 3 is 2.65 bits per heavy atom. The van der Waals surface area contributed by atoms with Crippen LogP contribution in [0.3, 0.4) is 0 Å². The molecule has 5 heterocycles. The van der Waals surface area contributed by atoms with Crippen LogP contribution in [0.5, 0.6) is 5.75 Å². The first-order chi connectivity index (χ1) is 19.1. The highest BCUT2D eigenvalue weighted by Crippen LogP contribution is 2.52. The Hall–Kier alpha value is -3.91. The van der Waals surface area contributed by atoms with Gasteiger partial charge in [0.25, 0.3) is 11.6 Å². The second-order valence-electron chi connectivity index (χ2n) is 11.7. The number of benzene rings is 1. The maximum atomic E-state index is 13.6. The number of guanidine groups is 2. The number of likely N-dealkylation sites (tertiary alicyclic amines) is 1. The van der Waals surface area contributed by atoms with E-state index in [1.807, 2.05) is 12.1 Å². The summed E-state index contributed by atoms with van der Waals surface area (Å²) in [5, 5.41) is 29.2. The molecular weight excluding hydrogens is 520 g/mol. The number of carbonyl (C=O) groups is 3. The Morgan fingerprint density at radius 1 is 1.20 bits per heavy atom. The molecule has 6 aliphatic rings. The smallest absolute Gasteiger partial charge is 0.343 e. The summed E-state index contributed by atoms with van der Waals surface area (Å²) in [6.07, 6.45) is 4.37. The number of hydrogen-bond donors (Lipinski definition) is 7. The highest BCUT2D eigenvalue weighted by Gasteiger charge is 2.76. The molecule has 1 unspecified atom stereocenters. The molecule has 0 aromatic heterocycles. The average molecular weight is 554 g/mol. The minimum atomic E-state index is -2.61. The first kappa shape index (κ1) is 25.1. The summed E-state index contributed by atoms with van der Waals surface area (Å²) >= 11 is 0. The molecule has 2 saturated heterocycles. The van der Waals surface area contributed by atoms with Gasteiger partial charge in [-0.05, 0) is 25.3 Å². The molecule has 0 radical (unpaired) electrons. The molecule has 1 saturated carbocycles. The highest BCUT2D eigenvalue weighted by atomic mass is 16.5. The molecule has 40 heavy (non-hydrogen) atoms. The molecule has 9 N–H and O–H groups in total. The molecule has 4 atom stereocenters. The van der Waals surface area contributed by atoms with Gasteiger partial charge in [0.1, 0.15) is 17.8 Å². The van der Waals surface area contributed by atoms with Crippen LogP contribution in [0.25, 0.3) is 0 Å². The van der Waals surface area contributed by atoms with E-state index in [1.165, 1.54) is 4.90 Å². The van der Waals surface area contributed by atoms with E-state index in [1.54, 1.807) is 6.07 Å². The van der Waals surface area contributed by atoms with Crippen molar-refractivity contribution in [2.24, 2.45) is 16.5 Å². The largest absolute Gasteiger partial charge is 0.492 e. The number of ether oxygens (including phenoxy) is 1. The zero-order chi connectivity index (χ0) is 28.0. The molecule has 0 bridgehead atoms. The van der Waals surface area contributed by atoms with Crippen molar-refractivity contribution in [3.8, 4) is 5.75 Å². The van der Waals surface area contributed by atoms with E-state index in [-0.39, 0.29) is 55.1 Å². The Bertz CT molecular complexity index is 1370. The number of para-hydroxylation sites is 1. The Kier molecular flexibility index (Phi) is 5.21. The van der Waals surface area contributed by atoms with Crippen molar-refractivity contribution in [1.82, 2.24) is 20.4 Å². The van der Waals surface area contributed by atoms with Crippen LogP contribution in [-0.4, -0.2) is 98.9 Å². The third kappa shape index (κ3) is 3.19. The van der Waals surface area contributed by atoms with E-state index >= 15 is 0 Å². The second kappa shape index (κ2) is 8.30. The van der Waals surface area contributed by atoms with Crippen molar-refractivity contribution in [1.29, 1.82) is 0 Å². The van der Waals surface area contributed by atoms with Crippen LogP contribution in [0.1, 0.15) is 54.4 Å². The number of aliphatic hydroxyl groups is 2. The van der Waals surface area contributed by atoms with Gasteiger partial charge in [-0.1, -0.05) is 18.6 Å². The van der Waals surface area contributed by atoms with Gasteiger partial charge in [-0.2, -0.15) is 0 Å². The lowest BCUT2D eigenvalue weighted by Crippen LogP contribution is -2.90. The van der Waals surface area contributed by atoms with Crippen molar-refractivity contribution in [3.63, 3.8) is 0 Å². The number of hydrogen-bond acceptors (Lipinski definition) is 11. The summed E-state index contributed by atoms with van der Waals surface area (Å²) in [5.41, 5.74) is 12.1. The van der Waals surface area contributed by atoms with E-state index in [2.05, 4.69) is 20.6 Å². The molecular formula is C26H33N8O6+. The van der Waals surface area contributed by atoms with Gasteiger partial charge < -0.3 is 26.0 Å². The first-order valence-electron chi connectivity index (χ1n) is 13.7. The van der Waals surface area contributed by atoms with Crippen LogP contribution in [0.15, 0.2) is 23.2 Å². The minimum absolute atomic E-state index is 0.0343. The zero-order valence-electron chi connectivity index (χ0n) is 21.9. The molecule has 14 heteroatoms. The number of nitrogens with one attached hydrogen (secondary N) is 3. The summed E-state index contributed by atoms with van der Waals surface area (Å²) in [6, 6.07) is 2.55. The fourth-order valence-electron chi connectivity index (χ4n) is 7.47. The lowest BCUT2D eigenvalue weighted by molar-refractivity contribution is -0.521. The fourth-order valence-corrected chi connectivity index (χ4v) is 7.47. The summed E-state index contributed by atoms with van der Waals surface area (Å²) in [6.45, 7) is 0.313. The quantitative estimate of drug-likeness (QED) is 0.141. The summed E-state index contributed by atoms with van der Waals surface area (Å²) in [7, 11) is 0. The van der Waals surface area contributed by atoms with Gasteiger partial charge in [0, 0.05) is 23.8 Å². The predicted octanol–water partition coefficient (Wildman–Crippen LogP) is -4.10. The molecule has 3 fully saturated rings. The van der Waals surface area contributed by atoms with Crippen molar-refractivity contribution < 1.29 is 34.3 Å². The minimum Gasteiger partial charge on any atom is -0.492 e. The van der Waals surface area contributed by atoms with E-state index in [4.69, 9.17) is 16.2 Å². The van der Waals surface area contributed by atoms with Crippen LogP contribution in [0.4, 0.5) is 0 Å². The lowest BCUT2D eigenvalue weighted by Gasteiger charge is -2.46. The molecule has 1 aliphatic carbocycles. The summed E-state index contributed by atoms with van der Waals surface area (Å²) in [4.78, 5) is 48.3. The molecule has 3 amide bonds. The first-order valence-corrected chi connectivity index (χ1v) is 13.7. The fraction of sp³-hybridized carbons (Fsp3) is 0.577. The summed E-state index contributed by atoms with van der Waals surface area (Å²) < 4.78 is 5.97. The highest BCUT2D eigenvalue weighted by molar-refractivity contribution is 6.02. The van der Waals surface area contributed by atoms with Crippen LogP contribution in [0.2, 0.25) is 0 Å². The molecule has 1 aromatic carbocycles. The lowest BCUT2D eigenvalue weighted by atomic mass is 9.61. The van der Waals surface area contributed by atoms with E-state index < -0.39 is 35.5 Å². The number of imide groups is 1. The standard InChI is InChI=1S/C26H32N8O6/c27-22-31-20-15(11-33-17(35)5-6-18(33)36)29-23(28)34-12-16(26(38,39)25(20,34)32-22)30-21(37)13-3-1-4-14-19(13)40-10-9-24(14)7-2-8-24/h1,3-4,15-16,20,38-39H,2,5-12H2,(H2,28,29)(H,30,37)(H3,27,31,32)/p+1/t15-,16?,20-,25-/m0/s1. The number of amides is 3. The molecule has 1 aromatic rings. The van der Waals surface area contributed by atoms with Gasteiger partial charge in [-0.3, -0.25) is 34.9 Å². The van der Waals surface area contributed by atoms with E-state index in [9.17, 15) is 24.6 Å². The second-order valence-corrected chi connectivity index (χ2v) is 11.7. The maximum Gasteiger partial charge on any atom is 0.343 e. The Balaban J connectivity index is 1.19. The third-order valence-corrected chi connectivity index (χ3v) is 9.68. The number of nitrogens with zero attached hydrogens (tertiary/aromatic N) is 3. The average Bonchev–Trinajstić information content (AvgIpc) is 3.49. The Labute approximate surface area is 229 Å². The molecule has 5 aliphatic heterocycles. The number of fused-ring (bicyclic) bond motifs is 2. The topological polar surface area (TPSA) is 210 Å². The molecule has 2 spiro atoms. The van der Waals surface area contributed by atoms with Crippen LogP contribution in [0, 0.1) is 0 Å². The SMILES string of the molecule is NC1=N[C@@H](CN2C(=O)CCC2=O)[C@@H]2[NH+]=C(N)N[C@]23N1CC(NC(=O)c1cccc2c1OCCC21CCC1)C3(O)O. The van der Waals surface area contributed by atoms with Gasteiger partial charge in [0.05, 0.1) is 25.3 Å². The van der Waals surface area contributed by atoms with Crippen molar-refractivity contribution in [3.05, 3.63) is 29.3 Å². The monoisotopic (exact) mass is 553 g/mol. The van der Waals surface area contributed by atoms with Gasteiger partial charge in [0.2, 0.25) is 17.6 Å². The molecule has 14 nitrogen and oxygen atoms in total. The van der Waals surface area contributed by atoms with E-state index in [0.29, 0.717) is 17.9 Å². The maximum absolute atomic E-state index is 13.6. The van der Waals surface area contributed by atoms with Crippen molar-refractivity contribution >= 4 is 29.6 Å². The van der Waals surface area contributed by atoms with Gasteiger partial charge >= 0.3 is 5.96 Å².